The van der Waals surface area contributed by atoms with Gasteiger partial charge in [0.1, 0.15) is 0 Å². The van der Waals surface area contributed by atoms with Crippen molar-refractivity contribution >= 4 is 0 Å². The van der Waals surface area contributed by atoms with Crippen molar-refractivity contribution in [1.82, 2.24) is 5.32 Å². The average molecular weight is 197 g/mol. The minimum Gasteiger partial charge on any atom is -0.393 e. The van der Waals surface area contributed by atoms with Gasteiger partial charge >= 0.3 is 0 Å². The van der Waals surface area contributed by atoms with Crippen LogP contribution in [0.2, 0.25) is 0 Å². The average Bonchev–Trinajstić information content (AvgIpc) is 2.76. The van der Waals surface area contributed by atoms with Gasteiger partial charge in [-0.05, 0) is 56.9 Å². The van der Waals surface area contributed by atoms with Gasteiger partial charge in [0.2, 0.25) is 0 Å². The molecule has 82 valence electrons. The molecule has 2 aliphatic rings. The molecule has 2 aliphatic carbocycles. The van der Waals surface area contributed by atoms with Gasteiger partial charge in [0.25, 0.3) is 0 Å². The molecule has 0 saturated heterocycles. The van der Waals surface area contributed by atoms with Crippen LogP contribution < -0.4 is 5.32 Å². The highest BCUT2D eigenvalue weighted by molar-refractivity contribution is 4.96. The molecule has 14 heavy (non-hydrogen) atoms. The predicted octanol–water partition coefficient (Wildman–Crippen LogP) is 1.93. The van der Waals surface area contributed by atoms with E-state index >= 15 is 0 Å². The van der Waals surface area contributed by atoms with Crippen LogP contribution in [0.5, 0.6) is 0 Å². The highest BCUT2D eigenvalue weighted by Crippen LogP contribution is 2.48. The van der Waals surface area contributed by atoms with Crippen LogP contribution in [0, 0.1) is 11.3 Å². The van der Waals surface area contributed by atoms with E-state index in [2.05, 4.69) is 19.2 Å². The fourth-order valence-corrected chi connectivity index (χ4v) is 2.45. The quantitative estimate of drug-likeness (QED) is 0.721. The second kappa shape index (κ2) is 3.82. The smallest absolute Gasteiger partial charge is 0.0543 e. The molecule has 0 aliphatic heterocycles. The Bertz CT molecular complexity index is 200. The van der Waals surface area contributed by atoms with Crippen molar-refractivity contribution in [1.29, 1.82) is 0 Å². The van der Waals surface area contributed by atoms with Crippen LogP contribution in [0.4, 0.5) is 0 Å². The topological polar surface area (TPSA) is 32.3 Å². The first kappa shape index (κ1) is 10.4. The zero-order chi connectivity index (χ0) is 10.2. The Morgan fingerprint density at radius 3 is 2.64 bits per heavy atom. The third-order valence-electron chi connectivity index (χ3n) is 4.31. The van der Waals surface area contributed by atoms with E-state index in [-0.39, 0.29) is 6.10 Å². The van der Waals surface area contributed by atoms with Gasteiger partial charge < -0.3 is 10.4 Å². The number of aliphatic hydroxyl groups excluding tert-OH is 1. The lowest BCUT2D eigenvalue weighted by atomic mass is 9.99. The molecule has 2 N–H and O–H groups in total. The minimum atomic E-state index is -0.0198. The predicted molar refractivity (Wildman–Crippen MR) is 58.2 cm³/mol. The van der Waals surface area contributed by atoms with Gasteiger partial charge in [0, 0.05) is 6.04 Å². The Balaban J connectivity index is 1.67. The van der Waals surface area contributed by atoms with Crippen LogP contribution in [-0.2, 0) is 0 Å². The molecule has 2 saturated carbocycles. The highest BCUT2D eigenvalue weighted by Gasteiger charge is 2.42. The Kier molecular flexibility index (Phi) is 2.85. The lowest BCUT2D eigenvalue weighted by molar-refractivity contribution is 0.176. The van der Waals surface area contributed by atoms with Crippen LogP contribution in [-0.4, -0.2) is 23.8 Å². The van der Waals surface area contributed by atoms with E-state index in [0.717, 1.165) is 25.3 Å². The molecule has 3 unspecified atom stereocenters. The molecule has 0 heterocycles. The molecular weight excluding hydrogens is 174 g/mol. The Morgan fingerprint density at radius 2 is 2.14 bits per heavy atom. The van der Waals surface area contributed by atoms with Crippen LogP contribution in [0.1, 0.15) is 46.0 Å². The number of aliphatic hydroxyl groups is 1. The van der Waals surface area contributed by atoms with Crippen LogP contribution in [0.3, 0.4) is 0 Å². The Morgan fingerprint density at radius 1 is 1.43 bits per heavy atom. The van der Waals surface area contributed by atoms with E-state index in [1.54, 1.807) is 0 Å². The molecule has 2 nitrogen and oxygen atoms in total. The summed E-state index contributed by atoms with van der Waals surface area (Å²) in [4.78, 5) is 0. The molecule has 0 amide bonds. The van der Waals surface area contributed by atoms with E-state index in [9.17, 15) is 5.11 Å². The summed E-state index contributed by atoms with van der Waals surface area (Å²) in [5.74, 6) is 0.717. The first-order chi connectivity index (χ1) is 6.60. The number of rotatable bonds is 4. The summed E-state index contributed by atoms with van der Waals surface area (Å²) in [5, 5.41) is 13.0. The summed E-state index contributed by atoms with van der Waals surface area (Å²) >= 11 is 0. The molecule has 0 bridgehead atoms. The van der Waals surface area contributed by atoms with Crippen molar-refractivity contribution in [2.24, 2.45) is 11.3 Å². The minimum absolute atomic E-state index is 0.0198. The summed E-state index contributed by atoms with van der Waals surface area (Å²) in [6.07, 6.45) is 5.98. The molecule has 0 aromatic heterocycles. The van der Waals surface area contributed by atoms with Gasteiger partial charge in [-0.25, -0.2) is 0 Å². The molecule has 3 atom stereocenters. The van der Waals surface area contributed by atoms with Crippen LogP contribution >= 0.6 is 0 Å². The zero-order valence-corrected chi connectivity index (χ0v) is 9.42. The maximum absolute atomic E-state index is 9.41. The SMILES string of the molecule is CC(NCC1CCC(O)C1)C1(C)CC1. The number of nitrogens with one attached hydrogen (secondary N) is 1. The highest BCUT2D eigenvalue weighted by atomic mass is 16.3. The largest absolute Gasteiger partial charge is 0.393 e. The fourth-order valence-electron chi connectivity index (χ4n) is 2.45. The van der Waals surface area contributed by atoms with Gasteiger partial charge in [-0.1, -0.05) is 6.92 Å². The second-order valence-electron chi connectivity index (χ2n) is 5.62. The normalized spacial score (nSPS) is 37.1. The zero-order valence-electron chi connectivity index (χ0n) is 9.42. The van der Waals surface area contributed by atoms with Crippen molar-refractivity contribution in [2.75, 3.05) is 6.54 Å². The van der Waals surface area contributed by atoms with Gasteiger partial charge in [-0.2, -0.15) is 0 Å². The van der Waals surface area contributed by atoms with Crippen LogP contribution in [0.25, 0.3) is 0 Å². The Labute approximate surface area is 87.1 Å². The number of hydrogen-bond acceptors (Lipinski definition) is 2. The monoisotopic (exact) mass is 197 g/mol. The van der Waals surface area contributed by atoms with Crippen molar-refractivity contribution in [3.05, 3.63) is 0 Å². The molecule has 0 spiro atoms. The Hall–Kier alpha value is -0.0800. The maximum Gasteiger partial charge on any atom is 0.0543 e. The third-order valence-corrected chi connectivity index (χ3v) is 4.31. The van der Waals surface area contributed by atoms with Gasteiger partial charge in [-0.15, -0.1) is 0 Å². The van der Waals surface area contributed by atoms with Gasteiger partial charge in [0.15, 0.2) is 0 Å². The van der Waals surface area contributed by atoms with Crippen LogP contribution in [0.15, 0.2) is 0 Å². The molecule has 2 rings (SSSR count). The van der Waals surface area contributed by atoms with Gasteiger partial charge in [0.05, 0.1) is 6.10 Å². The molecular formula is C12H23NO. The van der Waals surface area contributed by atoms with E-state index in [1.165, 1.54) is 19.3 Å². The first-order valence-corrected chi connectivity index (χ1v) is 6.01. The summed E-state index contributed by atoms with van der Waals surface area (Å²) in [7, 11) is 0. The summed E-state index contributed by atoms with van der Waals surface area (Å²) < 4.78 is 0. The summed E-state index contributed by atoms with van der Waals surface area (Å²) in [6.45, 7) is 5.78. The molecule has 0 radical (unpaired) electrons. The van der Waals surface area contributed by atoms with Crippen molar-refractivity contribution in [3.63, 3.8) is 0 Å². The van der Waals surface area contributed by atoms with E-state index in [0.29, 0.717) is 11.5 Å². The third kappa shape index (κ3) is 2.29. The van der Waals surface area contributed by atoms with E-state index in [4.69, 9.17) is 0 Å². The van der Waals surface area contributed by atoms with Crippen molar-refractivity contribution in [3.8, 4) is 0 Å². The van der Waals surface area contributed by atoms with Crippen molar-refractivity contribution in [2.45, 2.75) is 58.1 Å². The molecule has 0 aromatic carbocycles. The molecule has 2 fully saturated rings. The lowest BCUT2D eigenvalue weighted by Gasteiger charge is -2.22. The second-order valence-corrected chi connectivity index (χ2v) is 5.62. The maximum atomic E-state index is 9.41. The fraction of sp³-hybridized carbons (Fsp3) is 1.00. The molecule has 2 heteroatoms. The summed E-state index contributed by atoms with van der Waals surface area (Å²) in [5.41, 5.74) is 0.581. The van der Waals surface area contributed by atoms with Crippen molar-refractivity contribution < 1.29 is 5.11 Å². The standard InChI is InChI=1S/C12H23NO/c1-9(12(2)5-6-12)13-8-10-3-4-11(14)7-10/h9-11,13-14H,3-8H2,1-2H3. The number of hydrogen-bond donors (Lipinski definition) is 2. The first-order valence-electron chi connectivity index (χ1n) is 6.01. The summed E-state index contributed by atoms with van der Waals surface area (Å²) in [6, 6.07) is 0.653. The van der Waals surface area contributed by atoms with E-state index < -0.39 is 0 Å². The lowest BCUT2D eigenvalue weighted by Crippen LogP contribution is -2.36. The molecule has 0 aromatic rings. The van der Waals surface area contributed by atoms with E-state index in [1.807, 2.05) is 0 Å². The van der Waals surface area contributed by atoms with Gasteiger partial charge in [-0.3, -0.25) is 0 Å².